The molecule has 5 heteroatoms. The normalized spacial score (nSPS) is 23.8. The van der Waals surface area contributed by atoms with Crippen LogP contribution >= 0.6 is 0 Å². The zero-order valence-corrected chi connectivity index (χ0v) is 12.7. The third kappa shape index (κ3) is 4.17. The molecule has 2 aliphatic rings. The number of nitrogens with zero attached hydrogens (tertiary/aromatic N) is 2. The van der Waals surface area contributed by atoms with Crippen LogP contribution in [0, 0.1) is 0 Å². The maximum absolute atomic E-state index is 12.3. The monoisotopic (exact) mass is 283 g/mol. The molecule has 116 valence electrons. The molecule has 0 aromatic carbocycles. The zero-order valence-electron chi connectivity index (χ0n) is 12.7. The predicted octanol–water partition coefficient (Wildman–Crippen LogP) is 0.827. The number of hydrogen-bond donors (Lipinski definition) is 1. The van der Waals surface area contributed by atoms with Crippen molar-refractivity contribution in [3.63, 3.8) is 0 Å². The van der Waals surface area contributed by atoms with Crippen molar-refractivity contribution < 1.29 is 9.53 Å². The van der Waals surface area contributed by atoms with Crippen LogP contribution in [0.25, 0.3) is 0 Å². The number of rotatable bonds is 5. The van der Waals surface area contributed by atoms with Gasteiger partial charge >= 0.3 is 0 Å². The van der Waals surface area contributed by atoms with Crippen LogP contribution in [0.5, 0.6) is 0 Å². The van der Waals surface area contributed by atoms with Gasteiger partial charge in [-0.3, -0.25) is 9.69 Å². The van der Waals surface area contributed by atoms with Crippen LogP contribution in [0.2, 0.25) is 0 Å². The average Bonchev–Trinajstić information content (AvgIpc) is 2.89. The van der Waals surface area contributed by atoms with Crippen LogP contribution < -0.4 is 5.73 Å². The van der Waals surface area contributed by atoms with Crippen molar-refractivity contribution in [2.24, 2.45) is 5.73 Å². The van der Waals surface area contributed by atoms with Crippen LogP contribution in [-0.4, -0.2) is 67.7 Å². The minimum Gasteiger partial charge on any atom is -0.380 e. The maximum atomic E-state index is 12.3. The van der Waals surface area contributed by atoms with E-state index < -0.39 is 0 Å². The molecule has 2 N–H and O–H groups in total. The van der Waals surface area contributed by atoms with Crippen molar-refractivity contribution in [1.82, 2.24) is 9.80 Å². The third-order valence-corrected chi connectivity index (χ3v) is 4.72. The van der Waals surface area contributed by atoms with Gasteiger partial charge < -0.3 is 15.4 Å². The van der Waals surface area contributed by atoms with Gasteiger partial charge in [-0.2, -0.15) is 0 Å². The van der Waals surface area contributed by atoms with E-state index in [1.165, 1.54) is 25.7 Å². The second kappa shape index (κ2) is 7.96. The van der Waals surface area contributed by atoms with Gasteiger partial charge in [-0.15, -0.1) is 0 Å². The van der Waals surface area contributed by atoms with E-state index in [1.807, 2.05) is 4.90 Å². The smallest absolute Gasteiger partial charge is 0.225 e. The van der Waals surface area contributed by atoms with E-state index in [0.29, 0.717) is 13.0 Å². The first-order valence-corrected chi connectivity index (χ1v) is 7.99. The summed E-state index contributed by atoms with van der Waals surface area (Å²) in [5, 5.41) is 0. The summed E-state index contributed by atoms with van der Waals surface area (Å²) in [5.74, 6) is 0.190. The Bertz CT molecular complexity index is 301. The van der Waals surface area contributed by atoms with Gasteiger partial charge in [0.15, 0.2) is 0 Å². The second-order valence-electron chi connectivity index (χ2n) is 6.01. The average molecular weight is 283 g/mol. The summed E-state index contributed by atoms with van der Waals surface area (Å²) < 4.78 is 5.21. The Balaban J connectivity index is 1.80. The summed E-state index contributed by atoms with van der Waals surface area (Å²) in [6.07, 6.45) is 6.78. The number of methoxy groups -OCH3 is 1. The number of hydrogen-bond acceptors (Lipinski definition) is 4. The molecule has 0 aromatic rings. The Morgan fingerprint density at radius 1 is 1.20 bits per heavy atom. The van der Waals surface area contributed by atoms with Gasteiger partial charge in [-0.1, -0.05) is 12.8 Å². The van der Waals surface area contributed by atoms with E-state index in [2.05, 4.69) is 4.90 Å². The Labute approximate surface area is 122 Å². The lowest BCUT2D eigenvalue weighted by Gasteiger charge is -2.27. The molecule has 1 heterocycles. The molecular formula is C15H29N3O2. The highest BCUT2D eigenvalue weighted by atomic mass is 16.5. The first-order chi connectivity index (χ1) is 9.74. The molecule has 0 bridgehead atoms. The molecule has 20 heavy (non-hydrogen) atoms. The largest absolute Gasteiger partial charge is 0.380 e. The number of amides is 1. The molecule has 5 nitrogen and oxygen atoms in total. The van der Waals surface area contributed by atoms with Gasteiger partial charge in [0, 0.05) is 45.9 Å². The third-order valence-electron chi connectivity index (χ3n) is 4.72. The molecule has 1 saturated carbocycles. The first kappa shape index (κ1) is 15.7. The van der Waals surface area contributed by atoms with Crippen LogP contribution in [-0.2, 0) is 9.53 Å². The molecule has 0 radical (unpaired) electrons. The molecule has 2 fully saturated rings. The summed E-state index contributed by atoms with van der Waals surface area (Å²) in [6, 6.07) is 0.765. The van der Waals surface area contributed by atoms with E-state index in [4.69, 9.17) is 10.5 Å². The molecule has 1 amide bonds. The van der Waals surface area contributed by atoms with E-state index in [-0.39, 0.29) is 12.0 Å². The standard InChI is InChI=1S/C15H29N3O2/c1-20-14(12-16)11-15(19)18-8-4-7-17(9-10-18)13-5-2-3-6-13/h13-14H,2-12,16H2,1H3. The highest BCUT2D eigenvalue weighted by Crippen LogP contribution is 2.24. The van der Waals surface area contributed by atoms with Crippen molar-refractivity contribution in [3.05, 3.63) is 0 Å². The molecule has 0 spiro atoms. The second-order valence-corrected chi connectivity index (χ2v) is 6.01. The lowest BCUT2D eigenvalue weighted by molar-refractivity contribution is -0.133. The first-order valence-electron chi connectivity index (χ1n) is 7.99. The van der Waals surface area contributed by atoms with Gasteiger partial charge in [0.05, 0.1) is 12.5 Å². The van der Waals surface area contributed by atoms with Crippen LogP contribution in [0.1, 0.15) is 38.5 Å². The Hall–Kier alpha value is -0.650. The lowest BCUT2D eigenvalue weighted by atomic mass is 10.2. The predicted molar refractivity (Wildman–Crippen MR) is 79.5 cm³/mol. The van der Waals surface area contributed by atoms with E-state index in [0.717, 1.165) is 38.6 Å². The fourth-order valence-electron chi connectivity index (χ4n) is 3.41. The molecule has 1 unspecified atom stereocenters. The SMILES string of the molecule is COC(CN)CC(=O)N1CCCN(C2CCCC2)CC1. The summed E-state index contributed by atoms with van der Waals surface area (Å²) in [6.45, 7) is 4.30. The number of ether oxygens (including phenoxy) is 1. The van der Waals surface area contributed by atoms with Crippen molar-refractivity contribution >= 4 is 5.91 Å². The Kier molecular flexibility index (Phi) is 6.26. The lowest BCUT2D eigenvalue weighted by Crippen LogP contribution is -2.40. The topological polar surface area (TPSA) is 58.8 Å². The fourth-order valence-corrected chi connectivity index (χ4v) is 3.41. The van der Waals surface area contributed by atoms with Crippen LogP contribution in [0.3, 0.4) is 0 Å². The molecule has 0 aromatic heterocycles. The highest BCUT2D eigenvalue weighted by Gasteiger charge is 2.26. The Morgan fingerprint density at radius 3 is 2.60 bits per heavy atom. The van der Waals surface area contributed by atoms with E-state index in [1.54, 1.807) is 7.11 Å². The van der Waals surface area contributed by atoms with Crippen molar-refractivity contribution in [1.29, 1.82) is 0 Å². The molecule has 1 saturated heterocycles. The molecular weight excluding hydrogens is 254 g/mol. The summed E-state index contributed by atoms with van der Waals surface area (Å²) >= 11 is 0. The van der Waals surface area contributed by atoms with Crippen molar-refractivity contribution in [2.75, 3.05) is 39.8 Å². The number of carbonyl (C=O) groups is 1. The van der Waals surface area contributed by atoms with Crippen LogP contribution in [0.15, 0.2) is 0 Å². The summed E-state index contributed by atoms with van der Waals surface area (Å²) in [5.41, 5.74) is 5.59. The van der Waals surface area contributed by atoms with Gasteiger partial charge in [0.1, 0.15) is 0 Å². The van der Waals surface area contributed by atoms with Gasteiger partial charge in [-0.25, -0.2) is 0 Å². The van der Waals surface area contributed by atoms with Crippen molar-refractivity contribution in [2.45, 2.75) is 50.7 Å². The minimum atomic E-state index is -0.142. The Morgan fingerprint density at radius 2 is 1.95 bits per heavy atom. The van der Waals surface area contributed by atoms with Gasteiger partial charge in [0.25, 0.3) is 0 Å². The zero-order chi connectivity index (χ0) is 14.4. The van der Waals surface area contributed by atoms with Crippen molar-refractivity contribution in [3.8, 4) is 0 Å². The number of carbonyl (C=O) groups excluding carboxylic acids is 1. The maximum Gasteiger partial charge on any atom is 0.225 e. The molecule has 1 atom stereocenters. The summed E-state index contributed by atoms with van der Waals surface area (Å²) in [7, 11) is 1.62. The van der Waals surface area contributed by atoms with E-state index >= 15 is 0 Å². The molecule has 1 aliphatic heterocycles. The molecule has 2 rings (SSSR count). The number of nitrogens with two attached hydrogens (primary N) is 1. The quantitative estimate of drug-likeness (QED) is 0.812. The van der Waals surface area contributed by atoms with E-state index in [9.17, 15) is 4.79 Å². The molecule has 1 aliphatic carbocycles. The summed E-state index contributed by atoms with van der Waals surface area (Å²) in [4.78, 5) is 16.9. The minimum absolute atomic E-state index is 0.142. The van der Waals surface area contributed by atoms with Gasteiger partial charge in [-0.05, 0) is 19.3 Å². The van der Waals surface area contributed by atoms with Gasteiger partial charge in [0.2, 0.25) is 5.91 Å². The fraction of sp³-hybridized carbons (Fsp3) is 0.933. The van der Waals surface area contributed by atoms with Crippen LogP contribution in [0.4, 0.5) is 0 Å². The highest BCUT2D eigenvalue weighted by molar-refractivity contribution is 5.76.